The minimum absolute atomic E-state index is 0.141. The number of hydrogen-bond donors (Lipinski definition) is 2. The first-order chi connectivity index (χ1) is 13.3. The standard InChI is InChI=1S/C18H24ClN5O3S/c1-4-10-7-12(22-15(10)19)17(26)23-11-5-6-24(8-13(11)27-3)18-21-9(2)14(28-18)16(20)25/h11,13H,4-8H2,1-3H3,(H2,20,25)(H,23,26)/t11?,13-/m0/s1. The van der Waals surface area contributed by atoms with Gasteiger partial charge in [-0.1, -0.05) is 29.9 Å². The summed E-state index contributed by atoms with van der Waals surface area (Å²) in [6.07, 6.45) is 1.74. The summed E-state index contributed by atoms with van der Waals surface area (Å²) < 4.78 is 5.62. The molecule has 0 spiro atoms. The molecule has 28 heavy (non-hydrogen) atoms. The van der Waals surface area contributed by atoms with E-state index in [1.807, 2.05) is 6.92 Å². The Bertz CT molecular complexity index is 850. The summed E-state index contributed by atoms with van der Waals surface area (Å²) >= 11 is 7.37. The highest BCUT2D eigenvalue weighted by Gasteiger charge is 2.33. The number of nitrogens with two attached hydrogens (primary N) is 1. The molecule has 10 heteroatoms. The van der Waals surface area contributed by atoms with Gasteiger partial charge in [0.1, 0.15) is 15.7 Å². The number of aliphatic imine (C=N–C) groups is 1. The predicted molar refractivity (Wildman–Crippen MR) is 110 cm³/mol. The summed E-state index contributed by atoms with van der Waals surface area (Å²) in [7, 11) is 1.62. The third-order valence-corrected chi connectivity index (χ3v) is 6.64. The number of nitrogens with one attached hydrogen (secondary N) is 1. The van der Waals surface area contributed by atoms with Gasteiger partial charge in [0, 0.05) is 26.6 Å². The monoisotopic (exact) mass is 425 g/mol. The van der Waals surface area contributed by atoms with Crippen molar-refractivity contribution in [3.8, 4) is 0 Å². The molecule has 0 aliphatic carbocycles. The van der Waals surface area contributed by atoms with Gasteiger partial charge in [0.25, 0.3) is 11.8 Å². The molecule has 3 rings (SSSR count). The highest BCUT2D eigenvalue weighted by Crippen LogP contribution is 2.29. The van der Waals surface area contributed by atoms with Crippen LogP contribution in [-0.2, 0) is 9.53 Å². The number of anilines is 1. The number of aromatic nitrogens is 1. The molecule has 3 heterocycles. The predicted octanol–water partition coefficient (Wildman–Crippen LogP) is 1.97. The van der Waals surface area contributed by atoms with Crippen molar-refractivity contribution in [1.82, 2.24) is 10.3 Å². The number of halogens is 1. The molecule has 0 aromatic carbocycles. The van der Waals surface area contributed by atoms with E-state index in [4.69, 9.17) is 22.1 Å². The lowest BCUT2D eigenvalue weighted by atomic mass is 10.0. The SMILES string of the molecule is CCC1=C(Cl)N=C(C(=O)NC2CCN(c3nc(C)c(C(N)=O)s3)C[C@@H]2OC)C1. The molecule has 3 N–H and O–H groups in total. The maximum Gasteiger partial charge on any atom is 0.266 e. The molecule has 152 valence electrons. The van der Waals surface area contributed by atoms with Gasteiger partial charge in [-0.2, -0.15) is 0 Å². The molecule has 0 radical (unpaired) electrons. The summed E-state index contributed by atoms with van der Waals surface area (Å²) in [4.78, 5) is 35.3. The Balaban J connectivity index is 1.64. The second kappa shape index (κ2) is 8.59. The number of allylic oxidation sites excluding steroid dienone is 1. The van der Waals surface area contributed by atoms with E-state index in [0.29, 0.717) is 47.4 Å². The quantitative estimate of drug-likeness (QED) is 0.677. The van der Waals surface area contributed by atoms with Crippen LogP contribution in [0.25, 0.3) is 0 Å². The molecule has 2 aliphatic heterocycles. The van der Waals surface area contributed by atoms with Crippen molar-refractivity contribution in [2.45, 2.75) is 45.3 Å². The normalized spacial score (nSPS) is 22.4. The molecule has 2 amide bonds. The number of thiazole rings is 1. The average molecular weight is 426 g/mol. The lowest BCUT2D eigenvalue weighted by Gasteiger charge is -2.38. The second-order valence-corrected chi connectivity index (χ2v) is 8.18. The van der Waals surface area contributed by atoms with Crippen LogP contribution in [0.2, 0.25) is 0 Å². The molecule has 1 saturated heterocycles. The Hall–Kier alpha value is -1.97. The van der Waals surface area contributed by atoms with Crippen molar-refractivity contribution >= 4 is 45.6 Å². The number of piperidine rings is 1. The number of carbonyl (C=O) groups is 2. The van der Waals surface area contributed by atoms with Crippen LogP contribution >= 0.6 is 22.9 Å². The van der Waals surface area contributed by atoms with E-state index < -0.39 is 5.91 Å². The van der Waals surface area contributed by atoms with Crippen molar-refractivity contribution in [3.05, 3.63) is 21.3 Å². The van der Waals surface area contributed by atoms with E-state index in [-0.39, 0.29) is 18.1 Å². The molecule has 0 bridgehead atoms. The van der Waals surface area contributed by atoms with Crippen LogP contribution < -0.4 is 16.0 Å². The van der Waals surface area contributed by atoms with E-state index in [1.165, 1.54) is 11.3 Å². The summed E-state index contributed by atoms with van der Waals surface area (Å²) in [5.41, 5.74) is 7.45. The van der Waals surface area contributed by atoms with E-state index in [0.717, 1.165) is 17.1 Å². The maximum atomic E-state index is 12.6. The van der Waals surface area contributed by atoms with Gasteiger partial charge in [-0.05, 0) is 25.3 Å². The van der Waals surface area contributed by atoms with Crippen LogP contribution in [0.4, 0.5) is 5.13 Å². The van der Waals surface area contributed by atoms with Gasteiger partial charge in [-0.15, -0.1) is 0 Å². The smallest absolute Gasteiger partial charge is 0.266 e. The topological polar surface area (TPSA) is 110 Å². The number of hydrogen-bond acceptors (Lipinski definition) is 7. The third-order valence-electron chi connectivity index (χ3n) is 5.05. The van der Waals surface area contributed by atoms with Crippen LogP contribution in [0, 0.1) is 6.92 Å². The molecule has 1 fully saturated rings. The molecule has 1 aromatic heterocycles. The van der Waals surface area contributed by atoms with E-state index >= 15 is 0 Å². The molecule has 0 saturated carbocycles. The number of primary amides is 1. The van der Waals surface area contributed by atoms with E-state index in [9.17, 15) is 9.59 Å². The van der Waals surface area contributed by atoms with E-state index in [1.54, 1.807) is 14.0 Å². The highest BCUT2D eigenvalue weighted by atomic mass is 35.5. The first-order valence-corrected chi connectivity index (χ1v) is 10.3. The number of methoxy groups -OCH3 is 1. The van der Waals surface area contributed by atoms with Crippen LogP contribution in [0.1, 0.15) is 41.6 Å². The number of ether oxygens (including phenoxy) is 1. The fourth-order valence-corrected chi connectivity index (χ4v) is 4.66. The van der Waals surface area contributed by atoms with Crippen molar-refractivity contribution in [1.29, 1.82) is 0 Å². The number of aryl methyl sites for hydroxylation is 1. The maximum absolute atomic E-state index is 12.6. The largest absolute Gasteiger partial charge is 0.377 e. The van der Waals surface area contributed by atoms with Gasteiger partial charge in [-0.3, -0.25) is 9.59 Å². The van der Waals surface area contributed by atoms with Gasteiger partial charge < -0.3 is 20.7 Å². The zero-order valence-electron chi connectivity index (χ0n) is 16.1. The molecular weight excluding hydrogens is 402 g/mol. The van der Waals surface area contributed by atoms with Gasteiger partial charge >= 0.3 is 0 Å². The molecule has 2 aliphatic rings. The van der Waals surface area contributed by atoms with Crippen molar-refractivity contribution in [2.24, 2.45) is 10.7 Å². The summed E-state index contributed by atoms with van der Waals surface area (Å²) in [5, 5.41) is 4.20. The molecule has 2 atom stereocenters. The number of carbonyl (C=O) groups excluding carboxylic acids is 2. The fraction of sp³-hybridized carbons (Fsp3) is 0.556. The molecule has 8 nitrogen and oxygen atoms in total. The molecule has 1 aromatic rings. The zero-order chi connectivity index (χ0) is 20.4. The highest BCUT2D eigenvalue weighted by molar-refractivity contribution is 7.17. The number of nitrogens with zero attached hydrogens (tertiary/aromatic N) is 3. The number of rotatable bonds is 6. The third kappa shape index (κ3) is 4.21. The molecule has 1 unspecified atom stereocenters. The Kier molecular flexibility index (Phi) is 6.36. The Labute approximate surface area is 172 Å². The van der Waals surface area contributed by atoms with Crippen LogP contribution in [0.3, 0.4) is 0 Å². The average Bonchev–Trinajstić information content (AvgIpc) is 3.24. The lowest BCUT2D eigenvalue weighted by Crippen LogP contribution is -2.55. The zero-order valence-corrected chi connectivity index (χ0v) is 17.7. The van der Waals surface area contributed by atoms with Crippen LogP contribution in [-0.4, -0.2) is 54.9 Å². The summed E-state index contributed by atoms with van der Waals surface area (Å²) in [6, 6.07) is -0.141. The lowest BCUT2D eigenvalue weighted by molar-refractivity contribution is -0.116. The molecular formula is C18H24ClN5O3S. The van der Waals surface area contributed by atoms with Crippen LogP contribution in [0.15, 0.2) is 15.7 Å². The minimum atomic E-state index is -0.470. The van der Waals surface area contributed by atoms with E-state index in [2.05, 4.69) is 20.2 Å². The van der Waals surface area contributed by atoms with Crippen molar-refractivity contribution < 1.29 is 14.3 Å². The van der Waals surface area contributed by atoms with Crippen LogP contribution in [0.5, 0.6) is 0 Å². The van der Waals surface area contributed by atoms with Gasteiger partial charge in [0.2, 0.25) is 0 Å². The van der Waals surface area contributed by atoms with Crippen molar-refractivity contribution in [3.63, 3.8) is 0 Å². The fourth-order valence-electron chi connectivity index (χ4n) is 3.41. The van der Waals surface area contributed by atoms with Gasteiger partial charge in [0.15, 0.2) is 5.13 Å². The summed E-state index contributed by atoms with van der Waals surface area (Å²) in [6.45, 7) is 5.00. The minimum Gasteiger partial charge on any atom is -0.377 e. The van der Waals surface area contributed by atoms with Gasteiger partial charge in [0.05, 0.1) is 17.8 Å². The number of amides is 2. The van der Waals surface area contributed by atoms with Gasteiger partial charge in [-0.25, -0.2) is 9.98 Å². The Morgan fingerprint density at radius 2 is 2.21 bits per heavy atom. The Morgan fingerprint density at radius 3 is 2.79 bits per heavy atom. The first kappa shape index (κ1) is 20.8. The summed E-state index contributed by atoms with van der Waals surface area (Å²) in [5.74, 6) is -0.675. The first-order valence-electron chi connectivity index (χ1n) is 9.14. The Morgan fingerprint density at radius 1 is 1.46 bits per heavy atom. The second-order valence-electron chi connectivity index (χ2n) is 6.85. The van der Waals surface area contributed by atoms with Crippen molar-refractivity contribution in [2.75, 3.05) is 25.1 Å².